The molecule has 1 N–H and O–H groups in total. The maximum Gasteiger partial charge on any atom is 0.250 e. The molecule has 128 valence electrons. The van der Waals surface area contributed by atoms with E-state index in [1.54, 1.807) is 30.8 Å². The van der Waals surface area contributed by atoms with E-state index in [2.05, 4.69) is 15.5 Å². The number of nitrogens with zero attached hydrogens (tertiary/aromatic N) is 2. The number of hydrogen-bond donors (Lipinski definition) is 1. The summed E-state index contributed by atoms with van der Waals surface area (Å²) in [7, 11) is 1.55. The van der Waals surface area contributed by atoms with Crippen molar-refractivity contribution in [3.63, 3.8) is 0 Å². The van der Waals surface area contributed by atoms with E-state index in [-0.39, 0.29) is 5.91 Å². The molecule has 8 heteroatoms. The zero-order chi connectivity index (χ0) is 17.5. The second kappa shape index (κ2) is 8.65. The zero-order valence-electron chi connectivity index (χ0n) is 13.6. The van der Waals surface area contributed by atoms with Gasteiger partial charge >= 0.3 is 0 Å². The highest BCUT2D eigenvalue weighted by Gasteiger charge is 2.12. The molecule has 2 aromatic rings. The van der Waals surface area contributed by atoms with Crippen LogP contribution in [0.3, 0.4) is 0 Å². The molecule has 0 bridgehead atoms. The van der Waals surface area contributed by atoms with E-state index < -0.39 is 0 Å². The number of anilines is 1. The quantitative estimate of drug-likeness (QED) is 0.751. The Kier molecular flexibility index (Phi) is 6.57. The standard InChI is InChI=1S/C16H18ClN3O3S/c1-10(2)8-23-15-12(17)6-11(7-13(15)22-3)4-5-14(21)19-16-20-18-9-24-16/h4-7,9-10H,8H2,1-3H3,(H,19,20,21). The first-order chi connectivity index (χ1) is 11.5. The third kappa shape index (κ3) is 5.21. The lowest BCUT2D eigenvalue weighted by Gasteiger charge is -2.14. The summed E-state index contributed by atoms with van der Waals surface area (Å²) < 4.78 is 11.0. The number of benzene rings is 1. The first-order valence-electron chi connectivity index (χ1n) is 7.25. The number of carbonyl (C=O) groups excluding carboxylic acids is 1. The minimum absolute atomic E-state index is 0.304. The fourth-order valence-corrected chi connectivity index (χ4v) is 2.49. The summed E-state index contributed by atoms with van der Waals surface area (Å²) in [4.78, 5) is 11.8. The van der Waals surface area contributed by atoms with Crippen molar-refractivity contribution in [1.82, 2.24) is 10.2 Å². The van der Waals surface area contributed by atoms with Gasteiger partial charge in [0.25, 0.3) is 0 Å². The average molecular weight is 368 g/mol. The Bertz CT molecular complexity index is 718. The Morgan fingerprint density at radius 1 is 1.46 bits per heavy atom. The lowest BCUT2D eigenvalue weighted by molar-refractivity contribution is -0.111. The summed E-state index contributed by atoms with van der Waals surface area (Å²) >= 11 is 7.52. The van der Waals surface area contributed by atoms with Crippen LogP contribution in [0.4, 0.5) is 5.13 Å². The summed E-state index contributed by atoms with van der Waals surface area (Å²) in [5.74, 6) is 1.09. The minimum atomic E-state index is -0.304. The van der Waals surface area contributed by atoms with Crippen molar-refractivity contribution in [2.24, 2.45) is 5.92 Å². The van der Waals surface area contributed by atoms with Crippen LogP contribution in [0, 0.1) is 5.92 Å². The van der Waals surface area contributed by atoms with Gasteiger partial charge in [-0.05, 0) is 29.7 Å². The highest BCUT2D eigenvalue weighted by atomic mass is 35.5. The first kappa shape index (κ1) is 18.2. The molecule has 0 fully saturated rings. The van der Waals surface area contributed by atoms with Gasteiger partial charge in [-0.15, -0.1) is 10.2 Å². The van der Waals surface area contributed by atoms with E-state index in [1.807, 2.05) is 13.8 Å². The number of carbonyl (C=O) groups is 1. The van der Waals surface area contributed by atoms with Gasteiger partial charge in [-0.25, -0.2) is 0 Å². The van der Waals surface area contributed by atoms with E-state index in [4.69, 9.17) is 21.1 Å². The fraction of sp³-hybridized carbons (Fsp3) is 0.312. The van der Waals surface area contributed by atoms with E-state index >= 15 is 0 Å². The normalized spacial score (nSPS) is 11.0. The molecule has 0 atom stereocenters. The Hall–Kier alpha value is -2.12. The minimum Gasteiger partial charge on any atom is -0.493 e. The van der Waals surface area contributed by atoms with E-state index in [0.29, 0.717) is 34.2 Å². The van der Waals surface area contributed by atoms with E-state index in [0.717, 1.165) is 5.56 Å². The number of hydrogen-bond acceptors (Lipinski definition) is 6. The van der Waals surface area contributed by atoms with Gasteiger partial charge in [0.15, 0.2) is 11.5 Å². The van der Waals surface area contributed by atoms with Crippen LogP contribution in [0.1, 0.15) is 19.4 Å². The molecular weight excluding hydrogens is 350 g/mol. The molecule has 1 amide bonds. The third-order valence-electron chi connectivity index (χ3n) is 2.83. The first-order valence-corrected chi connectivity index (χ1v) is 8.51. The lowest BCUT2D eigenvalue weighted by atomic mass is 10.1. The van der Waals surface area contributed by atoms with Crippen molar-refractivity contribution in [2.75, 3.05) is 19.0 Å². The SMILES string of the molecule is COc1cc(C=CC(=O)Nc2nncs2)cc(Cl)c1OCC(C)C. The van der Waals surface area contributed by atoms with Crippen molar-refractivity contribution >= 4 is 40.1 Å². The van der Waals surface area contributed by atoms with Crippen LogP contribution in [0.25, 0.3) is 6.08 Å². The van der Waals surface area contributed by atoms with Crippen molar-refractivity contribution in [3.8, 4) is 11.5 Å². The molecule has 0 radical (unpaired) electrons. The summed E-state index contributed by atoms with van der Waals surface area (Å²) in [6.45, 7) is 4.64. The summed E-state index contributed by atoms with van der Waals surface area (Å²) in [5.41, 5.74) is 2.26. The van der Waals surface area contributed by atoms with E-state index in [1.165, 1.54) is 17.4 Å². The molecule has 1 aromatic carbocycles. The molecule has 0 aliphatic rings. The van der Waals surface area contributed by atoms with E-state index in [9.17, 15) is 4.79 Å². The van der Waals surface area contributed by atoms with Gasteiger partial charge in [-0.2, -0.15) is 0 Å². The van der Waals surface area contributed by atoms with Crippen molar-refractivity contribution in [2.45, 2.75) is 13.8 Å². The molecule has 1 heterocycles. The van der Waals surface area contributed by atoms with Gasteiger partial charge in [0.05, 0.1) is 18.7 Å². The van der Waals surface area contributed by atoms with Crippen molar-refractivity contribution < 1.29 is 14.3 Å². The number of methoxy groups -OCH3 is 1. The molecule has 24 heavy (non-hydrogen) atoms. The molecule has 1 aromatic heterocycles. The van der Waals surface area contributed by atoms with Crippen LogP contribution >= 0.6 is 22.9 Å². The Balaban J connectivity index is 2.11. The van der Waals surface area contributed by atoms with Crippen LogP contribution in [0.5, 0.6) is 11.5 Å². The van der Waals surface area contributed by atoms with Gasteiger partial charge in [0, 0.05) is 6.08 Å². The maximum atomic E-state index is 11.8. The molecule has 0 saturated carbocycles. The fourth-order valence-electron chi connectivity index (χ4n) is 1.77. The summed E-state index contributed by atoms with van der Waals surface area (Å²) in [6.07, 6.45) is 3.03. The van der Waals surface area contributed by atoms with Gasteiger partial charge in [-0.1, -0.05) is 36.8 Å². The van der Waals surface area contributed by atoms with Crippen LogP contribution in [-0.4, -0.2) is 29.8 Å². The molecular formula is C16H18ClN3O3S. The molecule has 0 spiro atoms. The largest absolute Gasteiger partial charge is 0.493 e. The molecule has 0 aliphatic heterocycles. The predicted molar refractivity (Wildman–Crippen MR) is 95.9 cm³/mol. The van der Waals surface area contributed by atoms with Crippen molar-refractivity contribution in [1.29, 1.82) is 0 Å². The Labute approximate surface area is 149 Å². The monoisotopic (exact) mass is 367 g/mol. The predicted octanol–water partition coefficient (Wildman–Crippen LogP) is 3.89. The van der Waals surface area contributed by atoms with Crippen molar-refractivity contribution in [3.05, 3.63) is 34.3 Å². The molecule has 0 unspecified atom stereocenters. The Morgan fingerprint density at radius 2 is 2.25 bits per heavy atom. The van der Waals surface area contributed by atoms with Gasteiger partial charge in [0.1, 0.15) is 5.51 Å². The second-order valence-corrected chi connectivity index (χ2v) is 6.55. The summed E-state index contributed by atoms with van der Waals surface area (Å²) in [5, 5.41) is 10.9. The van der Waals surface area contributed by atoms with Crippen LogP contribution < -0.4 is 14.8 Å². The third-order valence-corrected chi connectivity index (χ3v) is 3.72. The average Bonchev–Trinajstić information content (AvgIpc) is 3.04. The molecule has 0 saturated heterocycles. The smallest absolute Gasteiger partial charge is 0.250 e. The highest BCUT2D eigenvalue weighted by molar-refractivity contribution is 7.13. The number of amides is 1. The second-order valence-electron chi connectivity index (χ2n) is 5.31. The highest BCUT2D eigenvalue weighted by Crippen LogP contribution is 2.37. The summed E-state index contributed by atoms with van der Waals surface area (Å²) in [6, 6.07) is 3.48. The molecule has 0 aliphatic carbocycles. The zero-order valence-corrected chi connectivity index (χ0v) is 15.1. The van der Waals surface area contributed by atoms with Gasteiger partial charge < -0.3 is 9.47 Å². The van der Waals surface area contributed by atoms with Gasteiger partial charge in [0.2, 0.25) is 11.0 Å². The topological polar surface area (TPSA) is 73.3 Å². The molecule has 6 nitrogen and oxygen atoms in total. The number of nitrogens with one attached hydrogen (secondary N) is 1. The van der Waals surface area contributed by atoms with Gasteiger partial charge in [-0.3, -0.25) is 10.1 Å². The number of ether oxygens (including phenoxy) is 2. The maximum absolute atomic E-state index is 11.8. The van der Waals surface area contributed by atoms with Crippen LogP contribution in [0.2, 0.25) is 5.02 Å². The van der Waals surface area contributed by atoms with Crippen LogP contribution in [0.15, 0.2) is 23.7 Å². The van der Waals surface area contributed by atoms with Crippen LogP contribution in [-0.2, 0) is 4.79 Å². The lowest BCUT2D eigenvalue weighted by Crippen LogP contribution is -2.07. The number of aromatic nitrogens is 2. The number of halogens is 1. The number of rotatable bonds is 7. The molecule has 2 rings (SSSR count). The Morgan fingerprint density at radius 3 is 2.88 bits per heavy atom.